The molecule has 0 aliphatic carbocycles. The quantitative estimate of drug-likeness (QED) is 0.403. The number of nitrogens with zero attached hydrogens (tertiary/aromatic N) is 3. The number of para-hydroxylation sites is 1. The highest BCUT2D eigenvalue weighted by Gasteiger charge is 2.17. The van der Waals surface area contributed by atoms with Crippen LogP contribution in [-0.4, -0.2) is 49.7 Å². The van der Waals surface area contributed by atoms with E-state index in [-0.39, 0.29) is 5.91 Å². The first-order valence-corrected chi connectivity index (χ1v) is 11.4. The van der Waals surface area contributed by atoms with Gasteiger partial charge in [-0.1, -0.05) is 48.5 Å². The maximum absolute atomic E-state index is 12.2. The molecular formula is C27H30N4O2. The minimum absolute atomic E-state index is 0.0699. The molecule has 6 nitrogen and oxygen atoms in total. The lowest BCUT2D eigenvalue weighted by Gasteiger charge is -2.36. The highest BCUT2D eigenvalue weighted by atomic mass is 16.5. The highest BCUT2D eigenvalue weighted by Crippen LogP contribution is 2.16. The second-order valence-electron chi connectivity index (χ2n) is 8.05. The van der Waals surface area contributed by atoms with E-state index in [1.165, 1.54) is 5.69 Å². The fraction of sp³-hybridized carbons (Fsp3) is 0.259. The van der Waals surface area contributed by atoms with Gasteiger partial charge in [-0.25, -0.2) is 5.43 Å². The molecule has 1 heterocycles. The van der Waals surface area contributed by atoms with Crippen LogP contribution in [0.15, 0.2) is 90.0 Å². The second kappa shape index (κ2) is 11.8. The maximum Gasteiger partial charge on any atom is 0.241 e. The zero-order chi connectivity index (χ0) is 22.7. The van der Waals surface area contributed by atoms with Gasteiger partial charge in [0.1, 0.15) is 12.4 Å². The maximum atomic E-state index is 12.2. The van der Waals surface area contributed by atoms with Gasteiger partial charge in [0.05, 0.1) is 6.21 Å². The molecule has 1 amide bonds. The summed E-state index contributed by atoms with van der Waals surface area (Å²) < 4.78 is 5.79. The number of ether oxygens (including phenoxy) is 1. The van der Waals surface area contributed by atoms with E-state index in [1.54, 1.807) is 6.21 Å². The van der Waals surface area contributed by atoms with Crippen LogP contribution < -0.4 is 15.1 Å². The molecule has 3 aromatic carbocycles. The predicted molar refractivity (Wildman–Crippen MR) is 133 cm³/mol. The van der Waals surface area contributed by atoms with Gasteiger partial charge in [0.15, 0.2) is 0 Å². The lowest BCUT2D eigenvalue weighted by molar-refractivity contribution is -0.121. The van der Waals surface area contributed by atoms with Gasteiger partial charge in [-0.2, -0.15) is 5.10 Å². The molecule has 0 aromatic heterocycles. The normalized spacial score (nSPS) is 14.4. The van der Waals surface area contributed by atoms with Crippen molar-refractivity contribution in [1.82, 2.24) is 10.3 Å². The molecule has 6 heteroatoms. The molecule has 1 fully saturated rings. The van der Waals surface area contributed by atoms with Crippen LogP contribution in [0.3, 0.4) is 0 Å². The number of nitrogens with one attached hydrogen (secondary N) is 1. The molecule has 1 aliphatic rings. The predicted octanol–water partition coefficient (Wildman–Crippen LogP) is 3.93. The largest absolute Gasteiger partial charge is 0.489 e. The summed E-state index contributed by atoms with van der Waals surface area (Å²) in [5.74, 6) is 0.729. The van der Waals surface area contributed by atoms with Crippen LogP contribution in [0.2, 0.25) is 0 Å². The van der Waals surface area contributed by atoms with E-state index >= 15 is 0 Å². The third-order valence-corrected chi connectivity index (χ3v) is 5.68. The number of anilines is 1. The zero-order valence-corrected chi connectivity index (χ0v) is 18.8. The average Bonchev–Trinajstić information content (AvgIpc) is 2.88. The summed E-state index contributed by atoms with van der Waals surface area (Å²) in [5, 5.41) is 4.09. The van der Waals surface area contributed by atoms with E-state index in [0.29, 0.717) is 13.0 Å². The molecule has 0 bridgehead atoms. The van der Waals surface area contributed by atoms with Crippen LogP contribution in [0.4, 0.5) is 5.69 Å². The van der Waals surface area contributed by atoms with Gasteiger partial charge in [0, 0.05) is 44.8 Å². The topological polar surface area (TPSA) is 57.2 Å². The zero-order valence-electron chi connectivity index (χ0n) is 18.8. The Morgan fingerprint density at radius 2 is 1.55 bits per heavy atom. The van der Waals surface area contributed by atoms with E-state index < -0.39 is 0 Å². The van der Waals surface area contributed by atoms with Crippen LogP contribution in [0, 0.1) is 0 Å². The number of benzene rings is 3. The average molecular weight is 443 g/mol. The number of hydrogen-bond donors (Lipinski definition) is 1. The Kier molecular flexibility index (Phi) is 8.08. The van der Waals surface area contributed by atoms with E-state index in [4.69, 9.17) is 4.74 Å². The van der Waals surface area contributed by atoms with Crippen LogP contribution in [0.25, 0.3) is 0 Å². The first-order chi connectivity index (χ1) is 16.3. The number of carbonyl (C=O) groups is 1. The molecule has 33 heavy (non-hydrogen) atoms. The molecule has 1 aliphatic heterocycles. The minimum atomic E-state index is -0.0699. The summed E-state index contributed by atoms with van der Waals surface area (Å²) in [4.78, 5) is 16.9. The molecule has 3 aromatic rings. The van der Waals surface area contributed by atoms with Gasteiger partial charge < -0.3 is 9.64 Å². The minimum Gasteiger partial charge on any atom is -0.489 e. The molecule has 4 rings (SSSR count). The Bertz CT molecular complexity index is 1020. The summed E-state index contributed by atoms with van der Waals surface area (Å²) in [6.45, 7) is 5.17. The lowest BCUT2D eigenvalue weighted by atomic mass is 10.2. The number of hydrazone groups is 1. The number of rotatable bonds is 9. The Morgan fingerprint density at radius 3 is 2.24 bits per heavy atom. The van der Waals surface area contributed by atoms with Crippen molar-refractivity contribution in [3.8, 4) is 5.75 Å². The van der Waals surface area contributed by atoms with Crippen molar-refractivity contribution in [3.05, 3.63) is 96.1 Å². The molecule has 0 unspecified atom stereocenters. The molecule has 0 saturated carbocycles. The molecule has 1 N–H and O–H groups in total. The first-order valence-electron chi connectivity index (χ1n) is 11.4. The van der Waals surface area contributed by atoms with Gasteiger partial charge in [0.25, 0.3) is 0 Å². The van der Waals surface area contributed by atoms with Crippen LogP contribution >= 0.6 is 0 Å². The molecule has 170 valence electrons. The Morgan fingerprint density at radius 1 is 0.879 bits per heavy atom. The van der Waals surface area contributed by atoms with Crippen LogP contribution in [-0.2, 0) is 11.4 Å². The van der Waals surface area contributed by atoms with Crippen molar-refractivity contribution in [2.75, 3.05) is 37.6 Å². The Labute approximate surface area is 195 Å². The number of piperazine rings is 1. The molecule has 0 spiro atoms. The van der Waals surface area contributed by atoms with E-state index in [1.807, 2.05) is 60.7 Å². The van der Waals surface area contributed by atoms with E-state index in [0.717, 1.165) is 49.6 Å². The number of amides is 1. The van der Waals surface area contributed by atoms with Gasteiger partial charge in [-0.3, -0.25) is 9.69 Å². The smallest absolute Gasteiger partial charge is 0.241 e. The van der Waals surface area contributed by atoms with Crippen LogP contribution in [0.5, 0.6) is 5.75 Å². The first kappa shape index (κ1) is 22.6. The summed E-state index contributed by atoms with van der Waals surface area (Å²) >= 11 is 0. The molecule has 0 atom stereocenters. The van der Waals surface area contributed by atoms with Crippen molar-refractivity contribution in [3.63, 3.8) is 0 Å². The monoisotopic (exact) mass is 442 g/mol. The summed E-state index contributed by atoms with van der Waals surface area (Å²) in [6, 6.07) is 28.2. The Hall–Kier alpha value is -3.64. The van der Waals surface area contributed by atoms with Gasteiger partial charge in [-0.15, -0.1) is 0 Å². The third-order valence-electron chi connectivity index (χ3n) is 5.68. The molecule has 0 radical (unpaired) electrons. The molecule has 1 saturated heterocycles. The van der Waals surface area contributed by atoms with E-state index in [9.17, 15) is 4.79 Å². The van der Waals surface area contributed by atoms with Crippen molar-refractivity contribution in [2.45, 2.75) is 13.0 Å². The standard InChI is InChI=1S/C27H30N4O2/c32-27(15-16-30-17-19-31(20-18-30)25-9-5-2-6-10-25)29-28-21-23-11-13-26(14-12-23)33-22-24-7-3-1-4-8-24/h1-14,21H,15-20,22H2,(H,29,32)/b28-21+. The van der Waals surface area contributed by atoms with Crippen molar-refractivity contribution < 1.29 is 9.53 Å². The van der Waals surface area contributed by atoms with Crippen molar-refractivity contribution in [1.29, 1.82) is 0 Å². The van der Waals surface area contributed by atoms with E-state index in [2.05, 4.69) is 44.6 Å². The SMILES string of the molecule is O=C(CCN1CCN(c2ccccc2)CC1)N/N=C/c1ccc(OCc2ccccc2)cc1. The third kappa shape index (κ3) is 7.19. The lowest BCUT2D eigenvalue weighted by Crippen LogP contribution is -2.47. The van der Waals surface area contributed by atoms with Crippen molar-refractivity contribution >= 4 is 17.8 Å². The van der Waals surface area contributed by atoms with Crippen molar-refractivity contribution in [2.24, 2.45) is 5.10 Å². The highest BCUT2D eigenvalue weighted by molar-refractivity contribution is 5.82. The van der Waals surface area contributed by atoms with Gasteiger partial charge >= 0.3 is 0 Å². The summed E-state index contributed by atoms with van der Waals surface area (Å²) in [7, 11) is 0. The molecular weight excluding hydrogens is 412 g/mol. The second-order valence-corrected chi connectivity index (χ2v) is 8.05. The van der Waals surface area contributed by atoms with Crippen LogP contribution in [0.1, 0.15) is 17.5 Å². The summed E-state index contributed by atoms with van der Waals surface area (Å²) in [6.07, 6.45) is 2.09. The van der Waals surface area contributed by atoms with Gasteiger partial charge in [-0.05, 0) is 47.5 Å². The number of hydrogen-bond acceptors (Lipinski definition) is 5. The van der Waals surface area contributed by atoms with Gasteiger partial charge in [0.2, 0.25) is 5.91 Å². The fourth-order valence-electron chi connectivity index (χ4n) is 3.75. The Balaban J connectivity index is 1.13. The fourth-order valence-corrected chi connectivity index (χ4v) is 3.75. The summed E-state index contributed by atoms with van der Waals surface area (Å²) in [5.41, 5.74) is 5.92. The number of carbonyl (C=O) groups excluding carboxylic acids is 1.